The minimum Gasteiger partial charge on any atom is -0.504 e. The molecule has 1 aromatic rings. The van der Waals surface area contributed by atoms with E-state index >= 15 is 0 Å². The van der Waals surface area contributed by atoms with E-state index in [9.17, 15) is 5.11 Å². The normalized spacial score (nSPS) is 11.5. The number of phenolic OH excluding ortho intramolecular Hbond substituents is 1. The van der Waals surface area contributed by atoms with Crippen LogP contribution in [-0.2, 0) is 6.42 Å². The SMILES string of the molecule is CCC(N)Cc1cc(OC)c(O)cc1OC.Cl. The maximum atomic E-state index is 9.60. The van der Waals surface area contributed by atoms with Gasteiger partial charge < -0.3 is 20.3 Å². The zero-order chi connectivity index (χ0) is 12.1. The fourth-order valence-corrected chi connectivity index (χ4v) is 1.53. The lowest BCUT2D eigenvalue weighted by atomic mass is 10.0. The van der Waals surface area contributed by atoms with Crippen LogP contribution in [0.5, 0.6) is 17.2 Å². The second-order valence-electron chi connectivity index (χ2n) is 3.71. The summed E-state index contributed by atoms with van der Waals surface area (Å²) in [7, 11) is 3.09. The molecule has 0 heterocycles. The molecule has 5 heteroatoms. The van der Waals surface area contributed by atoms with Gasteiger partial charge in [0.2, 0.25) is 0 Å². The van der Waals surface area contributed by atoms with E-state index in [2.05, 4.69) is 0 Å². The zero-order valence-corrected chi connectivity index (χ0v) is 11.2. The largest absolute Gasteiger partial charge is 0.504 e. The summed E-state index contributed by atoms with van der Waals surface area (Å²) in [5.41, 5.74) is 6.85. The molecular weight excluding hydrogens is 242 g/mol. The molecule has 1 rings (SSSR count). The van der Waals surface area contributed by atoms with E-state index in [0.29, 0.717) is 17.9 Å². The van der Waals surface area contributed by atoms with E-state index in [1.807, 2.05) is 6.92 Å². The number of hydrogen-bond acceptors (Lipinski definition) is 4. The second-order valence-corrected chi connectivity index (χ2v) is 3.71. The van der Waals surface area contributed by atoms with Gasteiger partial charge >= 0.3 is 0 Å². The number of aromatic hydroxyl groups is 1. The third-order valence-electron chi connectivity index (χ3n) is 2.59. The molecule has 0 bridgehead atoms. The molecule has 0 spiro atoms. The average molecular weight is 262 g/mol. The van der Waals surface area contributed by atoms with Gasteiger partial charge in [0.1, 0.15) is 5.75 Å². The van der Waals surface area contributed by atoms with Crippen LogP contribution in [0.1, 0.15) is 18.9 Å². The first-order valence-corrected chi connectivity index (χ1v) is 5.31. The molecule has 1 unspecified atom stereocenters. The summed E-state index contributed by atoms with van der Waals surface area (Å²) in [6, 6.07) is 3.41. The van der Waals surface area contributed by atoms with Gasteiger partial charge in [-0.05, 0) is 24.5 Å². The molecule has 0 radical (unpaired) electrons. The van der Waals surface area contributed by atoms with Gasteiger partial charge in [0.25, 0.3) is 0 Å². The van der Waals surface area contributed by atoms with E-state index in [1.165, 1.54) is 7.11 Å². The zero-order valence-electron chi connectivity index (χ0n) is 10.4. The van der Waals surface area contributed by atoms with Gasteiger partial charge in [0.05, 0.1) is 14.2 Å². The fraction of sp³-hybridized carbons (Fsp3) is 0.500. The third-order valence-corrected chi connectivity index (χ3v) is 2.59. The number of nitrogens with two attached hydrogens (primary N) is 1. The number of ether oxygens (including phenoxy) is 2. The molecule has 17 heavy (non-hydrogen) atoms. The highest BCUT2D eigenvalue weighted by Crippen LogP contribution is 2.34. The lowest BCUT2D eigenvalue weighted by molar-refractivity contribution is 0.363. The van der Waals surface area contributed by atoms with Crippen LogP contribution in [0.15, 0.2) is 12.1 Å². The fourth-order valence-electron chi connectivity index (χ4n) is 1.53. The minimum absolute atomic E-state index is 0. The van der Waals surface area contributed by atoms with Crippen LogP contribution >= 0.6 is 12.4 Å². The molecule has 98 valence electrons. The Hall–Kier alpha value is -1.13. The Balaban J connectivity index is 0.00000256. The molecule has 0 aromatic heterocycles. The predicted octanol–water partition coefficient (Wildman–Crippen LogP) is 2.11. The van der Waals surface area contributed by atoms with Crippen molar-refractivity contribution in [2.75, 3.05) is 14.2 Å². The first-order chi connectivity index (χ1) is 7.62. The maximum Gasteiger partial charge on any atom is 0.161 e. The summed E-state index contributed by atoms with van der Waals surface area (Å²) in [6.45, 7) is 2.04. The van der Waals surface area contributed by atoms with E-state index in [4.69, 9.17) is 15.2 Å². The number of methoxy groups -OCH3 is 2. The van der Waals surface area contributed by atoms with Crippen LogP contribution in [0.2, 0.25) is 0 Å². The standard InChI is InChI=1S/C12H19NO3.ClH/c1-4-9(13)5-8-6-12(16-3)10(14)7-11(8)15-2;/h6-7,9,14H,4-5,13H2,1-3H3;1H. The number of phenols is 1. The molecular formula is C12H20ClNO3. The Morgan fingerprint density at radius 3 is 2.29 bits per heavy atom. The van der Waals surface area contributed by atoms with E-state index in [1.54, 1.807) is 19.2 Å². The number of benzene rings is 1. The van der Waals surface area contributed by atoms with Crippen molar-refractivity contribution in [2.24, 2.45) is 5.73 Å². The van der Waals surface area contributed by atoms with Gasteiger partial charge in [-0.2, -0.15) is 0 Å². The van der Waals surface area contributed by atoms with Crippen LogP contribution in [0.3, 0.4) is 0 Å². The third kappa shape index (κ3) is 3.98. The summed E-state index contributed by atoms with van der Waals surface area (Å²) in [5, 5.41) is 9.60. The van der Waals surface area contributed by atoms with Gasteiger partial charge in [-0.15, -0.1) is 12.4 Å². The van der Waals surface area contributed by atoms with E-state index < -0.39 is 0 Å². The molecule has 0 aliphatic carbocycles. The highest BCUT2D eigenvalue weighted by atomic mass is 35.5. The summed E-state index contributed by atoms with van der Waals surface area (Å²) in [5.74, 6) is 1.16. The monoisotopic (exact) mass is 261 g/mol. The van der Waals surface area contributed by atoms with Gasteiger partial charge in [0.15, 0.2) is 11.5 Å². The lowest BCUT2D eigenvalue weighted by Crippen LogP contribution is -2.21. The molecule has 4 nitrogen and oxygen atoms in total. The van der Waals surface area contributed by atoms with Gasteiger partial charge in [-0.3, -0.25) is 0 Å². The Labute approximate surface area is 108 Å². The molecule has 0 fully saturated rings. The highest BCUT2D eigenvalue weighted by molar-refractivity contribution is 5.85. The minimum atomic E-state index is 0. The molecule has 0 aliphatic heterocycles. The van der Waals surface area contributed by atoms with Crippen LogP contribution in [0, 0.1) is 0 Å². The molecule has 3 N–H and O–H groups in total. The number of rotatable bonds is 5. The average Bonchev–Trinajstić information content (AvgIpc) is 2.30. The van der Waals surface area contributed by atoms with Gasteiger partial charge in [-0.25, -0.2) is 0 Å². The Morgan fingerprint density at radius 2 is 1.82 bits per heavy atom. The first-order valence-electron chi connectivity index (χ1n) is 5.31. The van der Waals surface area contributed by atoms with Crippen LogP contribution in [0.4, 0.5) is 0 Å². The quantitative estimate of drug-likeness (QED) is 0.852. The summed E-state index contributed by atoms with van der Waals surface area (Å²) < 4.78 is 10.3. The van der Waals surface area contributed by atoms with Crippen molar-refractivity contribution in [3.05, 3.63) is 17.7 Å². The summed E-state index contributed by atoms with van der Waals surface area (Å²) in [4.78, 5) is 0. The van der Waals surface area contributed by atoms with Crippen molar-refractivity contribution in [2.45, 2.75) is 25.8 Å². The van der Waals surface area contributed by atoms with Gasteiger partial charge in [-0.1, -0.05) is 6.92 Å². The first kappa shape index (κ1) is 15.9. The predicted molar refractivity (Wildman–Crippen MR) is 70.4 cm³/mol. The molecule has 0 saturated heterocycles. The van der Waals surface area contributed by atoms with E-state index in [0.717, 1.165) is 12.0 Å². The Bertz CT molecular complexity index is 358. The Morgan fingerprint density at radius 1 is 1.24 bits per heavy atom. The topological polar surface area (TPSA) is 64.7 Å². The Kier molecular flexibility index (Phi) is 6.76. The van der Waals surface area contributed by atoms with Crippen molar-refractivity contribution in [1.82, 2.24) is 0 Å². The smallest absolute Gasteiger partial charge is 0.161 e. The van der Waals surface area contributed by atoms with Crippen molar-refractivity contribution >= 4 is 12.4 Å². The summed E-state index contributed by atoms with van der Waals surface area (Å²) in [6.07, 6.45) is 1.60. The molecule has 0 aliphatic rings. The van der Waals surface area contributed by atoms with Crippen molar-refractivity contribution in [1.29, 1.82) is 0 Å². The molecule has 1 aromatic carbocycles. The highest BCUT2D eigenvalue weighted by Gasteiger charge is 2.12. The van der Waals surface area contributed by atoms with Crippen LogP contribution in [0.25, 0.3) is 0 Å². The summed E-state index contributed by atoms with van der Waals surface area (Å²) >= 11 is 0. The maximum absolute atomic E-state index is 9.60. The number of halogens is 1. The van der Waals surface area contributed by atoms with Crippen molar-refractivity contribution in [3.8, 4) is 17.2 Å². The number of hydrogen-bond donors (Lipinski definition) is 2. The van der Waals surface area contributed by atoms with E-state index in [-0.39, 0.29) is 24.2 Å². The van der Waals surface area contributed by atoms with Crippen LogP contribution < -0.4 is 15.2 Å². The van der Waals surface area contributed by atoms with Crippen LogP contribution in [-0.4, -0.2) is 25.4 Å². The molecule has 0 saturated carbocycles. The molecule has 0 amide bonds. The van der Waals surface area contributed by atoms with Crippen molar-refractivity contribution in [3.63, 3.8) is 0 Å². The lowest BCUT2D eigenvalue weighted by Gasteiger charge is -2.14. The van der Waals surface area contributed by atoms with Gasteiger partial charge in [0, 0.05) is 12.1 Å². The second kappa shape index (κ2) is 7.25. The van der Waals surface area contributed by atoms with Crippen molar-refractivity contribution < 1.29 is 14.6 Å². The molecule has 1 atom stereocenters.